The van der Waals surface area contributed by atoms with E-state index in [9.17, 15) is 14.4 Å². The van der Waals surface area contributed by atoms with E-state index in [1.807, 2.05) is 67.2 Å². The quantitative estimate of drug-likeness (QED) is 0.476. The second-order valence-electron chi connectivity index (χ2n) is 9.79. The third-order valence-electron chi connectivity index (χ3n) is 6.85. The summed E-state index contributed by atoms with van der Waals surface area (Å²) in [6.45, 7) is 10.7. The number of fused-ring (bicyclic) bond motifs is 1. The third kappa shape index (κ3) is 5.76. The minimum absolute atomic E-state index is 0.00322. The molecule has 3 aliphatic rings. The van der Waals surface area contributed by atoms with Crippen molar-refractivity contribution in [1.82, 2.24) is 9.80 Å². The van der Waals surface area contributed by atoms with Gasteiger partial charge in [-0.3, -0.25) is 9.59 Å². The van der Waals surface area contributed by atoms with Crippen LogP contribution in [-0.4, -0.2) is 58.6 Å². The Morgan fingerprint density at radius 2 is 1.84 bits per heavy atom. The van der Waals surface area contributed by atoms with E-state index in [-0.39, 0.29) is 30.3 Å². The van der Waals surface area contributed by atoms with Crippen LogP contribution >= 0.6 is 11.8 Å². The molecular formula is C28H35N3O5S. The van der Waals surface area contributed by atoms with E-state index >= 15 is 0 Å². The van der Waals surface area contributed by atoms with Crippen molar-refractivity contribution >= 4 is 34.8 Å². The number of rotatable bonds is 7. The Morgan fingerprint density at radius 1 is 1.14 bits per heavy atom. The van der Waals surface area contributed by atoms with Gasteiger partial charge in [0, 0.05) is 18.8 Å². The average molecular weight is 526 g/mol. The van der Waals surface area contributed by atoms with Gasteiger partial charge in [-0.1, -0.05) is 36.0 Å². The number of thioether (sulfide) groups is 1. The summed E-state index contributed by atoms with van der Waals surface area (Å²) >= 11 is 1.46. The molecule has 0 N–H and O–H groups in total. The summed E-state index contributed by atoms with van der Waals surface area (Å²) in [6, 6.07) is 7.52. The van der Waals surface area contributed by atoms with E-state index in [0.29, 0.717) is 43.8 Å². The van der Waals surface area contributed by atoms with Crippen LogP contribution in [0.25, 0.3) is 0 Å². The molecule has 0 aromatic heterocycles. The van der Waals surface area contributed by atoms with Crippen LogP contribution in [-0.2, 0) is 23.9 Å². The van der Waals surface area contributed by atoms with Crippen LogP contribution in [0.5, 0.6) is 0 Å². The highest BCUT2D eigenvalue weighted by Crippen LogP contribution is 2.45. The molecule has 37 heavy (non-hydrogen) atoms. The van der Waals surface area contributed by atoms with Crippen LogP contribution in [0.4, 0.5) is 0 Å². The fourth-order valence-corrected chi connectivity index (χ4v) is 5.95. The SMILES string of the molecule is CCOC(=O)C1CCN(C(=O)CC2=CSC3=NC(C)=C(C(=O)OC(C)C)C(c4ccccc4C)N23)CC1. The first-order valence-corrected chi connectivity index (χ1v) is 13.7. The third-order valence-corrected chi connectivity index (χ3v) is 7.74. The van der Waals surface area contributed by atoms with Crippen LogP contribution in [0.15, 0.2) is 51.6 Å². The number of allylic oxidation sites excluding steroid dienone is 1. The second-order valence-corrected chi connectivity index (χ2v) is 10.6. The predicted octanol–water partition coefficient (Wildman–Crippen LogP) is 4.71. The minimum Gasteiger partial charge on any atom is -0.466 e. The number of ether oxygens (including phenoxy) is 2. The number of hydrogen-bond donors (Lipinski definition) is 0. The highest BCUT2D eigenvalue weighted by molar-refractivity contribution is 8.16. The smallest absolute Gasteiger partial charge is 0.338 e. The van der Waals surface area contributed by atoms with Gasteiger partial charge in [-0.2, -0.15) is 0 Å². The molecule has 1 unspecified atom stereocenters. The summed E-state index contributed by atoms with van der Waals surface area (Å²) in [5.74, 6) is -0.731. The van der Waals surface area contributed by atoms with E-state index in [1.165, 1.54) is 11.8 Å². The lowest BCUT2D eigenvalue weighted by atomic mass is 9.91. The van der Waals surface area contributed by atoms with Crippen molar-refractivity contribution in [3.8, 4) is 0 Å². The first-order valence-electron chi connectivity index (χ1n) is 12.9. The number of likely N-dealkylation sites (tertiary alicyclic amines) is 1. The molecule has 4 rings (SSSR count). The molecule has 1 atom stereocenters. The number of amides is 1. The lowest BCUT2D eigenvalue weighted by molar-refractivity contribution is -0.151. The Kier molecular flexibility index (Phi) is 8.42. The largest absolute Gasteiger partial charge is 0.466 e. The normalized spacial score (nSPS) is 20.0. The van der Waals surface area contributed by atoms with Crippen molar-refractivity contribution in [1.29, 1.82) is 0 Å². The van der Waals surface area contributed by atoms with Gasteiger partial charge in [-0.15, -0.1) is 0 Å². The Bertz CT molecular complexity index is 1160. The van der Waals surface area contributed by atoms with Crippen LogP contribution in [0.1, 0.15) is 64.1 Å². The molecule has 1 aromatic carbocycles. The zero-order valence-corrected chi connectivity index (χ0v) is 23.0. The molecule has 198 valence electrons. The molecule has 1 saturated heterocycles. The minimum atomic E-state index is -0.441. The number of amidine groups is 1. The predicted molar refractivity (Wildman–Crippen MR) is 143 cm³/mol. The number of benzene rings is 1. The maximum atomic E-state index is 13.4. The number of carbonyl (C=O) groups is 3. The molecule has 9 heteroatoms. The van der Waals surface area contributed by atoms with Crippen molar-refractivity contribution < 1.29 is 23.9 Å². The highest BCUT2D eigenvalue weighted by Gasteiger charge is 2.42. The average Bonchev–Trinajstić information content (AvgIpc) is 3.25. The number of esters is 2. The molecule has 0 aliphatic carbocycles. The first-order chi connectivity index (χ1) is 17.7. The van der Waals surface area contributed by atoms with E-state index < -0.39 is 12.0 Å². The summed E-state index contributed by atoms with van der Waals surface area (Å²) in [5, 5.41) is 2.70. The van der Waals surface area contributed by atoms with Crippen LogP contribution in [0.3, 0.4) is 0 Å². The van der Waals surface area contributed by atoms with Crippen LogP contribution in [0, 0.1) is 12.8 Å². The molecule has 0 spiro atoms. The second kappa shape index (κ2) is 11.5. The van der Waals surface area contributed by atoms with Gasteiger partial charge in [0.2, 0.25) is 5.91 Å². The number of aliphatic imine (C=N–C) groups is 1. The molecular weight excluding hydrogens is 490 g/mol. The Balaban J connectivity index is 1.57. The van der Waals surface area contributed by atoms with Gasteiger partial charge in [-0.25, -0.2) is 9.79 Å². The Hall–Kier alpha value is -3.07. The zero-order valence-electron chi connectivity index (χ0n) is 22.2. The lowest BCUT2D eigenvalue weighted by Crippen LogP contribution is -2.42. The van der Waals surface area contributed by atoms with Crippen molar-refractivity contribution in [2.45, 2.75) is 66.0 Å². The Morgan fingerprint density at radius 3 is 2.49 bits per heavy atom. The van der Waals surface area contributed by atoms with Crippen molar-refractivity contribution in [3.63, 3.8) is 0 Å². The molecule has 1 amide bonds. The number of aryl methyl sites for hydroxylation is 1. The molecule has 0 radical (unpaired) electrons. The Labute approximate surface area is 222 Å². The van der Waals surface area contributed by atoms with E-state index in [0.717, 1.165) is 22.0 Å². The van der Waals surface area contributed by atoms with Gasteiger partial charge in [0.15, 0.2) is 5.17 Å². The molecule has 3 aliphatic heterocycles. The van der Waals surface area contributed by atoms with E-state index in [4.69, 9.17) is 14.5 Å². The summed E-state index contributed by atoms with van der Waals surface area (Å²) in [6.07, 6.45) is 1.13. The molecule has 0 bridgehead atoms. The summed E-state index contributed by atoms with van der Waals surface area (Å²) in [7, 11) is 0. The van der Waals surface area contributed by atoms with E-state index in [2.05, 4.69) is 0 Å². The van der Waals surface area contributed by atoms with Gasteiger partial charge in [0.1, 0.15) is 0 Å². The van der Waals surface area contributed by atoms with Gasteiger partial charge in [0.25, 0.3) is 0 Å². The number of piperidine rings is 1. The van der Waals surface area contributed by atoms with Crippen molar-refractivity contribution in [2.75, 3.05) is 19.7 Å². The fourth-order valence-electron chi connectivity index (χ4n) is 4.99. The number of hydrogen-bond acceptors (Lipinski definition) is 8. The topological polar surface area (TPSA) is 88.5 Å². The summed E-state index contributed by atoms with van der Waals surface area (Å²) in [4.78, 5) is 47.3. The van der Waals surface area contributed by atoms with Crippen LogP contribution in [0.2, 0.25) is 0 Å². The van der Waals surface area contributed by atoms with Crippen molar-refractivity contribution in [2.24, 2.45) is 10.9 Å². The standard InChI is InChI=1S/C28H35N3O5S/c1-6-35-26(33)20-11-13-30(14-12-20)23(32)15-21-16-37-28-29-19(5)24(27(34)36-17(2)3)25(31(21)28)22-10-8-7-9-18(22)4/h7-10,16-17,20,25H,6,11-15H2,1-5H3. The summed E-state index contributed by atoms with van der Waals surface area (Å²) in [5.41, 5.74) is 3.93. The monoisotopic (exact) mass is 525 g/mol. The first kappa shape index (κ1) is 27.0. The molecule has 8 nitrogen and oxygen atoms in total. The maximum Gasteiger partial charge on any atom is 0.338 e. The molecule has 3 heterocycles. The van der Waals surface area contributed by atoms with Gasteiger partial charge in [-0.05, 0) is 64.0 Å². The molecule has 1 aromatic rings. The van der Waals surface area contributed by atoms with Gasteiger partial charge >= 0.3 is 11.9 Å². The fraction of sp³-hybridized carbons (Fsp3) is 0.500. The number of carbonyl (C=O) groups excluding carboxylic acids is 3. The molecule has 1 fully saturated rings. The van der Waals surface area contributed by atoms with Crippen LogP contribution < -0.4 is 0 Å². The molecule has 0 saturated carbocycles. The van der Waals surface area contributed by atoms with E-state index in [1.54, 1.807) is 6.92 Å². The maximum absolute atomic E-state index is 13.4. The van der Waals surface area contributed by atoms with Gasteiger partial charge < -0.3 is 19.3 Å². The highest BCUT2D eigenvalue weighted by atomic mass is 32.2. The number of nitrogens with zero attached hydrogens (tertiary/aromatic N) is 3. The summed E-state index contributed by atoms with van der Waals surface area (Å²) < 4.78 is 10.8. The van der Waals surface area contributed by atoms with Crippen molar-refractivity contribution in [3.05, 3.63) is 57.8 Å². The van der Waals surface area contributed by atoms with Gasteiger partial charge in [0.05, 0.1) is 42.4 Å². The zero-order chi connectivity index (χ0) is 26.7. The lowest BCUT2D eigenvalue weighted by Gasteiger charge is -2.38.